The van der Waals surface area contributed by atoms with Gasteiger partial charge in [0.05, 0.1) is 12.2 Å². The number of halogens is 1. The molecule has 0 spiro atoms. The van der Waals surface area contributed by atoms with E-state index in [1.54, 1.807) is 13.0 Å². The second-order valence-corrected chi connectivity index (χ2v) is 6.83. The molecule has 0 aliphatic heterocycles. The van der Waals surface area contributed by atoms with Crippen molar-refractivity contribution >= 4 is 34.0 Å². The van der Waals surface area contributed by atoms with Gasteiger partial charge in [-0.25, -0.2) is 14.0 Å². The molecule has 132 valence electrons. The summed E-state index contributed by atoms with van der Waals surface area (Å²) in [7, 11) is 0. The number of rotatable bonds is 4. The first-order valence-corrected chi connectivity index (χ1v) is 9.05. The molecule has 0 unspecified atom stereocenters. The summed E-state index contributed by atoms with van der Waals surface area (Å²) in [5.41, 5.74) is 1.78. The van der Waals surface area contributed by atoms with Crippen LogP contribution in [0.2, 0.25) is 0 Å². The first-order chi connectivity index (χ1) is 12.1. The molecular formula is C18H19FN2O3S. The molecule has 5 nitrogen and oxygen atoms in total. The van der Waals surface area contributed by atoms with Gasteiger partial charge in [-0.05, 0) is 56.4 Å². The molecule has 3 rings (SSSR count). The van der Waals surface area contributed by atoms with Crippen LogP contribution in [0.3, 0.4) is 0 Å². The number of aryl methyl sites for hydroxylation is 1. The van der Waals surface area contributed by atoms with Crippen LogP contribution in [0.5, 0.6) is 0 Å². The first-order valence-electron chi connectivity index (χ1n) is 8.23. The first kappa shape index (κ1) is 17.4. The summed E-state index contributed by atoms with van der Waals surface area (Å²) in [5.74, 6) is -0.848. The van der Waals surface area contributed by atoms with Gasteiger partial charge >= 0.3 is 12.0 Å². The molecule has 1 aliphatic carbocycles. The Morgan fingerprint density at radius 2 is 2.04 bits per heavy atom. The third kappa shape index (κ3) is 3.99. The molecule has 1 aromatic heterocycles. The van der Waals surface area contributed by atoms with Crippen LogP contribution < -0.4 is 10.6 Å². The van der Waals surface area contributed by atoms with E-state index in [0.717, 1.165) is 36.1 Å². The lowest BCUT2D eigenvalue weighted by atomic mass is 9.95. The number of hydrogen-bond acceptors (Lipinski definition) is 4. The molecule has 0 saturated heterocycles. The van der Waals surface area contributed by atoms with Gasteiger partial charge in [0.15, 0.2) is 0 Å². The van der Waals surface area contributed by atoms with Gasteiger partial charge < -0.3 is 10.1 Å². The Morgan fingerprint density at radius 3 is 2.80 bits per heavy atom. The normalized spacial score (nSPS) is 13.0. The zero-order valence-corrected chi connectivity index (χ0v) is 14.7. The van der Waals surface area contributed by atoms with Crippen LogP contribution >= 0.6 is 11.3 Å². The summed E-state index contributed by atoms with van der Waals surface area (Å²) in [6.45, 7) is 2.03. The molecule has 0 bridgehead atoms. The largest absolute Gasteiger partial charge is 0.462 e. The molecular weight excluding hydrogens is 343 g/mol. The van der Waals surface area contributed by atoms with Crippen molar-refractivity contribution in [1.82, 2.24) is 0 Å². The topological polar surface area (TPSA) is 67.4 Å². The van der Waals surface area contributed by atoms with Gasteiger partial charge in [0.1, 0.15) is 10.8 Å². The number of esters is 1. The van der Waals surface area contributed by atoms with Gasteiger partial charge in [-0.15, -0.1) is 11.3 Å². The van der Waals surface area contributed by atoms with Crippen molar-refractivity contribution in [3.63, 3.8) is 0 Å². The van der Waals surface area contributed by atoms with Crippen molar-refractivity contribution in [3.8, 4) is 0 Å². The van der Waals surface area contributed by atoms with Gasteiger partial charge in [0.2, 0.25) is 0 Å². The number of hydrogen-bond donors (Lipinski definition) is 2. The third-order valence-corrected chi connectivity index (χ3v) is 5.17. The fourth-order valence-corrected chi connectivity index (χ4v) is 4.18. The molecule has 2 aromatic rings. The standard InChI is InChI=1S/C18H19FN2O3S/c1-2-24-17(22)15-13-8-3-4-9-14(13)25-16(15)21-18(23)20-12-7-5-6-11(19)10-12/h5-7,10H,2-4,8-9H2,1H3,(H2,20,21,23). The van der Waals surface area contributed by atoms with Crippen molar-refractivity contribution in [2.45, 2.75) is 32.6 Å². The van der Waals surface area contributed by atoms with Gasteiger partial charge in [-0.2, -0.15) is 0 Å². The van der Waals surface area contributed by atoms with Crippen LogP contribution in [0.15, 0.2) is 24.3 Å². The minimum Gasteiger partial charge on any atom is -0.462 e. The maximum Gasteiger partial charge on any atom is 0.341 e. The average Bonchev–Trinajstić information content (AvgIpc) is 2.92. The Labute approximate surface area is 149 Å². The lowest BCUT2D eigenvalue weighted by Gasteiger charge is -2.12. The number of thiophene rings is 1. The van der Waals surface area contributed by atoms with E-state index < -0.39 is 17.8 Å². The molecule has 1 heterocycles. The molecule has 0 saturated carbocycles. The number of carbonyl (C=O) groups excluding carboxylic acids is 2. The fraction of sp³-hybridized carbons (Fsp3) is 0.333. The lowest BCUT2D eigenvalue weighted by Crippen LogP contribution is -2.21. The molecule has 0 fully saturated rings. The minimum atomic E-state index is -0.519. The summed E-state index contributed by atoms with van der Waals surface area (Å²) in [6.07, 6.45) is 3.81. The summed E-state index contributed by atoms with van der Waals surface area (Å²) in [6, 6.07) is 5.11. The predicted octanol–water partition coefficient (Wildman–Crippen LogP) is 4.59. The van der Waals surface area contributed by atoms with Gasteiger partial charge in [-0.3, -0.25) is 5.32 Å². The second-order valence-electron chi connectivity index (χ2n) is 5.72. The molecule has 0 atom stereocenters. The van der Waals surface area contributed by atoms with Crippen LogP contribution in [-0.4, -0.2) is 18.6 Å². The van der Waals surface area contributed by atoms with Crippen molar-refractivity contribution < 1.29 is 18.7 Å². The highest BCUT2D eigenvalue weighted by Gasteiger charge is 2.27. The van der Waals surface area contributed by atoms with Crippen LogP contribution in [-0.2, 0) is 17.6 Å². The maximum absolute atomic E-state index is 13.2. The predicted molar refractivity (Wildman–Crippen MR) is 96.0 cm³/mol. The average molecular weight is 362 g/mol. The summed E-state index contributed by atoms with van der Waals surface area (Å²) >= 11 is 1.41. The Bertz CT molecular complexity index is 804. The van der Waals surface area contributed by atoms with Gasteiger partial charge in [-0.1, -0.05) is 6.07 Å². The highest BCUT2D eigenvalue weighted by atomic mass is 32.1. The Hall–Kier alpha value is -2.41. The summed E-state index contributed by atoms with van der Waals surface area (Å²) in [5, 5.41) is 5.78. The Morgan fingerprint density at radius 1 is 1.24 bits per heavy atom. The number of amides is 2. The second kappa shape index (κ2) is 7.65. The van der Waals surface area contributed by atoms with E-state index in [1.807, 2.05) is 0 Å². The molecule has 2 N–H and O–H groups in total. The lowest BCUT2D eigenvalue weighted by molar-refractivity contribution is 0.0526. The third-order valence-electron chi connectivity index (χ3n) is 3.96. The summed E-state index contributed by atoms with van der Waals surface area (Å²) in [4.78, 5) is 25.7. The molecule has 0 radical (unpaired) electrons. The molecule has 1 aromatic carbocycles. The maximum atomic E-state index is 13.2. The van der Waals surface area contributed by atoms with E-state index in [1.165, 1.54) is 29.5 Å². The molecule has 7 heteroatoms. The van der Waals surface area contributed by atoms with Crippen molar-refractivity contribution in [1.29, 1.82) is 0 Å². The van der Waals surface area contributed by atoms with E-state index in [2.05, 4.69) is 10.6 Å². The number of nitrogens with one attached hydrogen (secondary N) is 2. The highest BCUT2D eigenvalue weighted by molar-refractivity contribution is 7.17. The van der Waals surface area contributed by atoms with Crippen molar-refractivity contribution in [2.75, 3.05) is 17.2 Å². The Balaban J connectivity index is 1.82. The fourth-order valence-electron chi connectivity index (χ4n) is 2.90. The molecule has 25 heavy (non-hydrogen) atoms. The number of fused-ring (bicyclic) bond motifs is 1. The SMILES string of the molecule is CCOC(=O)c1c(NC(=O)Nc2cccc(F)c2)sc2c1CCCC2. The van der Waals surface area contributed by atoms with Gasteiger partial charge in [0, 0.05) is 10.6 Å². The minimum absolute atomic E-state index is 0.276. The quantitative estimate of drug-likeness (QED) is 0.782. The monoisotopic (exact) mass is 362 g/mol. The zero-order chi connectivity index (χ0) is 17.8. The van der Waals surface area contributed by atoms with E-state index in [-0.39, 0.29) is 6.61 Å². The number of anilines is 2. The van der Waals surface area contributed by atoms with Crippen LogP contribution in [0.1, 0.15) is 40.6 Å². The van der Waals surface area contributed by atoms with E-state index >= 15 is 0 Å². The number of carbonyl (C=O) groups is 2. The zero-order valence-electron chi connectivity index (χ0n) is 13.9. The van der Waals surface area contributed by atoms with E-state index in [9.17, 15) is 14.0 Å². The highest BCUT2D eigenvalue weighted by Crippen LogP contribution is 2.38. The van der Waals surface area contributed by atoms with Crippen molar-refractivity contribution in [2.24, 2.45) is 0 Å². The van der Waals surface area contributed by atoms with E-state index in [0.29, 0.717) is 16.3 Å². The summed E-state index contributed by atoms with van der Waals surface area (Å²) < 4.78 is 18.4. The van der Waals surface area contributed by atoms with Crippen LogP contribution in [0, 0.1) is 5.82 Å². The number of ether oxygens (including phenoxy) is 1. The number of benzene rings is 1. The van der Waals surface area contributed by atoms with E-state index in [4.69, 9.17) is 4.74 Å². The smallest absolute Gasteiger partial charge is 0.341 e. The van der Waals surface area contributed by atoms with Crippen LogP contribution in [0.4, 0.5) is 19.9 Å². The van der Waals surface area contributed by atoms with Crippen LogP contribution in [0.25, 0.3) is 0 Å². The molecule has 1 aliphatic rings. The van der Waals surface area contributed by atoms with Crippen molar-refractivity contribution in [3.05, 3.63) is 46.1 Å². The van der Waals surface area contributed by atoms with Gasteiger partial charge in [0.25, 0.3) is 0 Å². The number of urea groups is 1. The molecule has 2 amide bonds. The Kier molecular flexibility index (Phi) is 5.33.